The van der Waals surface area contributed by atoms with Gasteiger partial charge in [0.15, 0.2) is 0 Å². The summed E-state index contributed by atoms with van der Waals surface area (Å²) in [6.07, 6.45) is 3.67. The highest BCUT2D eigenvalue weighted by Gasteiger charge is 2.25. The van der Waals surface area contributed by atoms with Gasteiger partial charge in [0.05, 0.1) is 0 Å². The molecule has 1 aliphatic heterocycles. The van der Waals surface area contributed by atoms with Crippen LogP contribution in [-0.2, 0) is 11.2 Å². The fourth-order valence-electron chi connectivity index (χ4n) is 2.73. The van der Waals surface area contributed by atoms with Gasteiger partial charge < -0.3 is 15.5 Å². The standard InChI is InChI=1S/C19H22N4O2S/c24-18(21-16-6-8-20-9-7-16)17(14-15-4-2-1-3-5-15)22-19(25)23-10-12-26-13-11-23/h1-9,17H,10-14H2,(H,22,25)(H,20,21,24)/t17-/m0/s1. The summed E-state index contributed by atoms with van der Waals surface area (Å²) in [5.41, 5.74) is 1.66. The third-order valence-electron chi connectivity index (χ3n) is 4.14. The summed E-state index contributed by atoms with van der Waals surface area (Å²) in [6.45, 7) is 1.42. The van der Waals surface area contributed by atoms with Gasteiger partial charge in [-0.1, -0.05) is 30.3 Å². The predicted octanol–water partition coefficient (Wildman–Crippen LogP) is 2.39. The van der Waals surface area contributed by atoms with E-state index in [2.05, 4.69) is 15.6 Å². The average Bonchev–Trinajstić information content (AvgIpc) is 2.69. The second-order valence-corrected chi connectivity index (χ2v) is 7.24. The topological polar surface area (TPSA) is 74.3 Å². The SMILES string of the molecule is O=C(Nc1ccncc1)[C@H](Cc1ccccc1)NC(=O)N1CCSCC1. The summed E-state index contributed by atoms with van der Waals surface area (Å²) >= 11 is 1.84. The highest BCUT2D eigenvalue weighted by molar-refractivity contribution is 7.99. The molecule has 0 aliphatic carbocycles. The Labute approximate surface area is 157 Å². The van der Waals surface area contributed by atoms with Crippen molar-refractivity contribution in [3.63, 3.8) is 0 Å². The van der Waals surface area contributed by atoms with Crippen molar-refractivity contribution in [2.24, 2.45) is 0 Å². The lowest BCUT2D eigenvalue weighted by Crippen LogP contribution is -2.52. The minimum absolute atomic E-state index is 0.184. The van der Waals surface area contributed by atoms with E-state index in [0.29, 0.717) is 25.2 Å². The number of urea groups is 1. The number of nitrogens with one attached hydrogen (secondary N) is 2. The number of pyridine rings is 1. The van der Waals surface area contributed by atoms with E-state index in [9.17, 15) is 9.59 Å². The zero-order chi connectivity index (χ0) is 18.2. The highest BCUT2D eigenvalue weighted by Crippen LogP contribution is 2.11. The lowest BCUT2D eigenvalue weighted by molar-refractivity contribution is -0.118. The summed E-state index contributed by atoms with van der Waals surface area (Å²) in [5.74, 6) is 1.62. The van der Waals surface area contributed by atoms with E-state index in [-0.39, 0.29) is 11.9 Å². The van der Waals surface area contributed by atoms with Gasteiger partial charge in [-0.05, 0) is 17.7 Å². The quantitative estimate of drug-likeness (QED) is 0.848. The fraction of sp³-hybridized carbons (Fsp3) is 0.316. The summed E-state index contributed by atoms with van der Waals surface area (Å²) in [4.78, 5) is 31.1. The first-order valence-corrected chi connectivity index (χ1v) is 9.76. The van der Waals surface area contributed by atoms with Gasteiger partial charge in [-0.25, -0.2) is 4.79 Å². The molecule has 2 N–H and O–H groups in total. The Bertz CT molecular complexity index is 721. The van der Waals surface area contributed by atoms with Gasteiger partial charge in [-0.3, -0.25) is 9.78 Å². The van der Waals surface area contributed by atoms with E-state index in [4.69, 9.17) is 0 Å². The minimum Gasteiger partial charge on any atom is -0.326 e. The van der Waals surface area contributed by atoms with Crippen molar-refractivity contribution in [3.8, 4) is 0 Å². The molecule has 1 atom stereocenters. The first kappa shape index (κ1) is 18.3. The molecule has 3 amide bonds. The second kappa shape index (κ2) is 9.24. The van der Waals surface area contributed by atoms with Gasteiger partial charge in [0.25, 0.3) is 0 Å². The summed E-state index contributed by atoms with van der Waals surface area (Å²) in [7, 11) is 0. The zero-order valence-electron chi connectivity index (χ0n) is 14.4. The van der Waals surface area contributed by atoms with E-state index in [1.165, 1.54) is 0 Å². The van der Waals surface area contributed by atoms with Crippen LogP contribution in [0.1, 0.15) is 5.56 Å². The molecule has 0 saturated carbocycles. The number of amides is 3. The first-order valence-electron chi connectivity index (χ1n) is 8.60. The number of carbonyl (C=O) groups is 2. The van der Waals surface area contributed by atoms with Crippen molar-refractivity contribution in [3.05, 3.63) is 60.4 Å². The van der Waals surface area contributed by atoms with Crippen LogP contribution in [0.5, 0.6) is 0 Å². The predicted molar refractivity (Wildman–Crippen MR) is 104 cm³/mol. The molecule has 0 radical (unpaired) electrons. The van der Waals surface area contributed by atoms with Crippen molar-refractivity contribution < 1.29 is 9.59 Å². The molecular weight excluding hydrogens is 348 g/mol. The number of nitrogens with zero attached hydrogens (tertiary/aromatic N) is 2. The minimum atomic E-state index is -0.646. The summed E-state index contributed by atoms with van der Waals surface area (Å²) < 4.78 is 0. The molecule has 1 saturated heterocycles. The molecule has 26 heavy (non-hydrogen) atoms. The molecule has 1 aliphatic rings. The second-order valence-electron chi connectivity index (χ2n) is 6.02. The van der Waals surface area contributed by atoms with E-state index in [0.717, 1.165) is 17.1 Å². The molecule has 1 fully saturated rings. The Morgan fingerprint density at radius 3 is 2.46 bits per heavy atom. The lowest BCUT2D eigenvalue weighted by Gasteiger charge is -2.29. The molecule has 0 spiro atoms. The van der Waals surface area contributed by atoms with Crippen LogP contribution in [0.3, 0.4) is 0 Å². The third-order valence-corrected chi connectivity index (χ3v) is 5.09. The first-order chi connectivity index (χ1) is 12.7. The van der Waals surface area contributed by atoms with Crippen molar-refractivity contribution in [2.75, 3.05) is 29.9 Å². The van der Waals surface area contributed by atoms with Crippen LogP contribution >= 0.6 is 11.8 Å². The molecule has 6 nitrogen and oxygen atoms in total. The number of aromatic nitrogens is 1. The number of anilines is 1. The smallest absolute Gasteiger partial charge is 0.318 e. The Morgan fingerprint density at radius 1 is 1.08 bits per heavy atom. The maximum Gasteiger partial charge on any atom is 0.318 e. The van der Waals surface area contributed by atoms with E-state index in [1.54, 1.807) is 29.4 Å². The number of thioether (sulfide) groups is 1. The Balaban J connectivity index is 1.70. The molecule has 3 rings (SSSR count). The van der Waals surface area contributed by atoms with Crippen molar-refractivity contribution >= 4 is 29.4 Å². The Hall–Kier alpha value is -2.54. The highest BCUT2D eigenvalue weighted by atomic mass is 32.2. The van der Waals surface area contributed by atoms with Crippen LogP contribution in [0.4, 0.5) is 10.5 Å². The molecule has 1 aromatic carbocycles. The lowest BCUT2D eigenvalue weighted by atomic mass is 10.1. The monoisotopic (exact) mass is 370 g/mol. The van der Waals surface area contributed by atoms with Gasteiger partial charge in [0, 0.05) is 49.1 Å². The molecule has 2 heterocycles. The van der Waals surface area contributed by atoms with E-state index >= 15 is 0 Å². The molecule has 1 aromatic heterocycles. The average molecular weight is 370 g/mol. The largest absolute Gasteiger partial charge is 0.326 e. The van der Waals surface area contributed by atoms with Crippen molar-refractivity contribution in [1.29, 1.82) is 0 Å². The molecule has 2 aromatic rings. The van der Waals surface area contributed by atoms with Crippen molar-refractivity contribution in [2.45, 2.75) is 12.5 Å². The van der Waals surface area contributed by atoms with Gasteiger partial charge in [0.2, 0.25) is 5.91 Å². The number of hydrogen-bond donors (Lipinski definition) is 2. The Kier molecular flexibility index (Phi) is 6.49. The molecule has 136 valence electrons. The van der Waals surface area contributed by atoms with Crippen LogP contribution < -0.4 is 10.6 Å². The Morgan fingerprint density at radius 2 is 1.77 bits per heavy atom. The summed E-state index contributed by atoms with van der Waals surface area (Å²) in [5, 5.41) is 5.76. The number of hydrogen-bond acceptors (Lipinski definition) is 4. The van der Waals surface area contributed by atoms with Crippen LogP contribution in [0.25, 0.3) is 0 Å². The van der Waals surface area contributed by atoms with Gasteiger partial charge in [-0.15, -0.1) is 0 Å². The maximum absolute atomic E-state index is 12.8. The van der Waals surface area contributed by atoms with Gasteiger partial charge in [0.1, 0.15) is 6.04 Å². The zero-order valence-corrected chi connectivity index (χ0v) is 15.2. The normalized spacial score (nSPS) is 15.2. The van der Waals surface area contributed by atoms with Gasteiger partial charge in [-0.2, -0.15) is 11.8 Å². The van der Waals surface area contributed by atoms with E-state index < -0.39 is 6.04 Å². The van der Waals surface area contributed by atoms with Crippen LogP contribution in [0.15, 0.2) is 54.9 Å². The number of carbonyl (C=O) groups excluding carboxylic acids is 2. The van der Waals surface area contributed by atoms with Crippen molar-refractivity contribution in [1.82, 2.24) is 15.2 Å². The van der Waals surface area contributed by atoms with E-state index in [1.807, 2.05) is 42.1 Å². The third kappa shape index (κ3) is 5.23. The molecule has 7 heteroatoms. The maximum atomic E-state index is 12.8. The molecule has 0 unspecified atom stereocenters. The van der Waals surface area contributed by atoms with Crippen LogP contribution in [-0.4, -0.2) is 52.5 Å². The fourth-order valence-corrected chi connectivity index (χ4v) is 3.63. The van der Waals surface area contributed by atoms with Crippen LogP contribution in [0, 0.1) is 0 Å². The molecular formula is C19H22N4O2S. The van der Waals surface area contributed by atoms with Gasteiger partial charge >= 0.3 is 6.03 Å². The molecule has 0 bridgehead atoms. The number of benzene rings is 1. The summed E-state index contributed by atoms with van der Waals surface area (Å²) in [6, 6.07) is 12.3. The number of rotatable bonds is 5. The van der Waals surface area contributed by atoms with Crippen LogP contribution in [0.2, 0.25) is 0 Å².